The summed E-state index contributed by atoms with van der Waals surface area (Å²) < 4.78 is 14.9. The van der Waals surface area contributed by atoms with E-state index in [2.05, 4.69) is 29.9 Å². The van der Waals surface area contributed by atoms with Crippen LogP contribution in [0.1, 0.15) is 25.3 Å². The molecule has 190 valence electrons. The molecule has 0 bridgehead atoms. The average molecular weight is 535 g/mol. The summed E-state index contributed by atoms with van der Waals surface area (Å²) in [6, 6.07) is 0. The molecule has 0 aliphatic carbocycles. The first-order valence-corrected chi connectivity index (χ1v) is 13.3. The van der Waals surface area contributed by atoms with Gasteiger partial charge >= 0.3 is 0 Å². The minimum absolute atomic E-state index is 0.268. The minimum atomic E-state index is -0.768. The number of hydrogen-bond donors (Lipinski definition) is 4. The maximum Gasteiger partial charge on any atom is 0.166 e. The molecule has 16 heteroatoms. The Labute approximate surface area is 211 Å². The molecule has 0 saturated carbocycles. The Bertz CT molecular complexity index is 1280. The van der Waals surface area contributed by atoms with Gasteiger partial charge in [-0.25, -0.2) is 29.9 Å². The zero-order valence-corrected chi connectivity index (χ0v) is 20.2. The molecule has 4 aromatic rings. The molecule has 2 aliphatic heterocycles. The van der Waals surface area contributed by atoms with Crippen LogP contribution in [0.5, 0.6) is 0 Å². The van der Waals surface area contributed by atoms with Crippen LogP contribution >= 0.6 is 21.6 Å². The van der Waals surface area contributed by atoms with Gasteiger partial charge in [-0.05, 0) is 21.6 Å². The van der Waals surface area contributed by atoms with Gasteiger partial charge in [0.2, 0.25) is 0 Å². The first kappa shape index (κ1) is 23.9. The summed E-state index contributed by atoms with van der Waals surface area (Å²) in [5.41, 5.74) is 2.24. The van der Waals surface area contributed by atoms with Crippen molar-refractivity contribution < 1.29 is 29.9 Å². The molecule has 2 fully saturated rings. The van der Waals surface area contributed by atoms with Crippen LogP contribution in [-0.2, 0) is 9.47 Å². The zero-order chi connectivity index (χ0) is 24.8. The first-order valence-electron chi connectivity index (χ1n) is 11.2. The van der Waals surface area contributed by atoms with Crippen molar-refractivity contribution in [3.63, 3.8) is 0 Å². The predicted molar refractivity (Wildman–Crippen MR) is 126 cm³/mol. The second-order valence-electron chi connectivity index (χ2n) is 8.40. The molecule has 6 heterocycles. The number of hydrogen-bond acceptors (Lipinski definition) is 14. The van der Waals surface area contributed by atoms with Gasteiger partial charge in [0.25, 0.3) is 0 Å². The lowest BCUT2D eigenvalue weighted by Crippen LogP contribution is -2.24. The highest BCUT2D eigenvalue weighted by Gasteiger charge is 2.36. The lowest BCUT2D eigenvalue weighted by molar-refractivity contribution is -0.0432. The van der Waals surface area contributed by atoms with Crippen LogP contribution < -0.4 is 0 Å². The molecular formula is C20H22N8O6S2. The largest absolute Gasteiger partial charge is 0.394 e. The number of aliphatic hydroxyl groups is 4. The molecule has 2 saturated heterocycles. The van der Waals surface area contributed by atoms with Crippen LogP contribution in [0.2, 0.25) is 0 Å². The fraction of sp³-hybridized carbons (Fsp3) is 0.500. The normalized spacial score (nSPS) is 28.6. The van der Waals surface area contributed by atoms with Crippen LogP contribution in [0.3, 0.4) is 0 Å². The van der Waals surface area contributed by atoms with E-state index in [1.165, 1.54) is 34.2 Å². The van der Waals surface area contributed by atoms with E-state index in [4.69, 9.17) is 9.47 Å². The molecule has 4 aromatic heterocycles. The highest BCUT2D eigenvalue weighted by Crippen LogP contribution is 2.41. The number of rotatable bonds is 7. The fourth-order valence-corrected chi connectivity index (χ4v) is 6.37. The van der Waals surface area contributed by atoms with Gasteiger partial charge in [-0.1, -0.05) is 0 Å². The van der Waals surface area contributed by atoms with E-state index >= 15 is 0 Å². The van der Waals surface area contributed by atoms with Crippen LogP contribution in [0.4, 0.5) is 0 Å². The molecule has 14 nitrogen and oxygen atoms in total. The van der Waals surface area contributed by atoms with Crippen LogP contribution in [0.25, 0.3) is 22.3 Å². The number of aliphatic hydroxyl groups excluding tert-OH is 4. The minimum Gasteiger partial charge on any atom is -0.394 e. The van der Waals surface area contributed by atoms with Gasteiger partial charge in [-0.3, -0.25) is 9.13 Å². The lowest BCUT2D eigenvalue weighted by Gasteiger charge is -2.13. The van der Waals surface area contributed by atoms with Gasteiger partial charge in [0, 0.05) is 12.8 Å². The molecule has 0 unspecified atom stereocenters. The standard InChI is InChI=1S/C20H22N8O6S2/c29-3-11-9(31)1-13(33-11)27-7-25-15-17(27)21-5-23-19(15)35-36-20-16-18(22-6-24-20)28(8-26-16)14-2-10(32)12(4-30)34-14/h5-14,29-32H,1-4H2/t9-,10-,11-,12-,13-,14+/m0/s1. The molecule has 36 heavy (non-hydrogen) atoms. The van der Waals surface area contributed by atoms with E-state index < -0.39 is 36.9 Å². The van der Waals surface area contributed by atoms with Gasteiger partial charge in [-0.15, -0.1) is 0 Å². The molecule has 6 atom stereocenters. The summed E-state index contributed by atoms with van der Waals surface area (Å²) >= 11 is 0. The monoisotopic (exact) mass is 534 g/mol. The summed E-state index contributed by atoms with van der Waals surface area (Å²) in [4.78, 5) is 26.3. The number of imidazole rings is 2. The first-order chi connectivity index (χ1) is 17.6. The highest BCUT2D eigenvalue weighted by atomic mass is 33.1. The molecule has 0 aromatic carbocycles. The Kier molecular flexibility index (Phi) is 6.51. The Morgan fingerprint density at radius 3 is 1.56 bits per heavy atom. The van der Waals surface area contributed by atoms with Gasteiger partial charge in [-0.2, -0.15) is 0 Å². The van der Waals surface area contributed by atoms with Crippen LogP contribution in [0.15, 0.2) is 35.4 Å². The van der Waals surface area contributed by atoms with Crippen LogP contribution in [-0.4, -0.2) is 97.1 Å². The Hall–Kier alpha value is -2.44. The van der Waals surface area contributed by atoms with Crippen molar-refractivity contribution in [2.45, 2.75) is 59.8 Å². The van der Waals surface area contributed by atoms with Crippen molar-refractivity contribution in [1.82, 2.24) is 39.0 Å². The summed E-state index contributed by atoms with van der Waals surface area (Å²) in [7, 11) is 2.68. The Morgan fingerprint density at radius 2 is 1.17 bits per heavy atom. The lowest BCUT2D eigenvalue weighted by atomic mass is 10.2. The summed E-state index contributed by atoms with van der Waals surface area (Å²) in [5.74, 6) is 0. The highest BCUT2D eigenvalue weighted by molar-refractivity contribution is 8.76. The van der Waals surface area contributed by atoms with Crippen molar-refractivity contribution in [3.05, 3.63) is 25.3 Å². The number of aromatic nitrogens is 8. The summed E-state index contributed by atoms with van der Waals surface area (Å²) in [5, 5.41) is 40.1. The predicted octanol–water partition coefficient (Wildman–Crippen LogP) is 0.0468. The van der Waals surface area contributed by atoms with Gasteiger partial charge in [0.1, 0.15) is 58.4 Å². The third-order valence-electron chi connectivity index (χ3n) is 6.24. The topological polar surface area (TPSA) is 187 Å². The Morgan fingerprint density at radius 1 is 0.722 bits per heavy atom. The smallest absolute Gasteiger partial charge is 0.166 e. The maximum absolute atomic E-state index is 10.1. The molecule has 6 rings (SSSR count). The van der Waals surface area contributed by atoms with Crippen LogP contribution in [0, 0.1) is 0 Å². The average Bonchev–Trinajstić information content (AvgIpc) is 3.66. The SMILES string of the molecule is OC[C@@H]1O[C@H](n2cnc3c(SSc4ncnc5c4ncn5[C@H]4C[C@H](O)[C@H](CO)O4)ncnc32)C[C@@H]1O. The van der Waals surface area contributed by atoms with E-state index in [1.807, 2.05) is 0 Å². The maximum atomic E-state index is 10.1. The zero-order valence-electron chi connectivity index (χ0n) is 18.6. The van der Waals surface area contributed by atoms with Crippen molar-refractivity contribution in [1.29, 1.82) is 0 Å². The van der Waals surface area contributed by atoms with E-state index in [9.17, 15) is 20.4 Å². The molecule has 0 amide bonds. The van der Waals surface area contributed by atoms with E-state index in [-0.39, 0.29) is 13.2 Å². The van der Waals surface area contributed by atoms with Crippen molar-refractivity contribution in [2.24, 2.45) is 0 Å². The third-order valence-corrected chi connectivity index (χ3v) is 8.43. The van der Waals surface area contributed by atoms with E-state index in [0.29, 0.717) is 45.2 Å². The van der Waals surface area contributed by atoms with Gasteiger partial charge in [0.15, 0.2) is 11.3 Å². The van der Waals surface area contributed by atoms with E-state index in [0.717, 1.165) is 0 Å². The molecule has 0 radical (unpaired) electrons. The second-order valence-corrected chi connectivity index (χ2v) is 10.5. The summed E-state index contributed by atoms with van der Waals surface area (Å²) in [6.07, 6.45) is 2.87. The third kappa shape index (κ3) is 4.12. The van der Waals surface area contributed by atoms with Gasteiger partial charge < -0.3 is 29.9 Å². The fourth-order valence-electron chi connectivity index (χ4n) is 4.38. The molecule has 2 aliphatic rings. The quantitative estimate of drug-likeness (QED) is 0.184. The van der Waals surface area contributed by atoms with Crippen molar-refractivity contribution in [2.75, 3.05) is 13.2 Å². The molecule has 4 N–H and O–H groups in total. The Balaban J connectivity index is 1.23. The summed E-state index contributed by atoms with van der Waals surface area (Å²) in [6.45, 7) is -0.536. The van der Waals surface area contributed by atoms with Crippen molar-refractivity contribution >= 4 is 43.9 Å². The van der Waals surface area contributed by atoms with E-state index in [1.54, 1.807) is 21.8 Å². The molecular weight excluding hydrogens is 512 g/mol. The van der Waals surface area contributed by atoms with Gasteiger partial charge in [0.05, 0.1) is 38.1 Å². The van der Waals surface area contributed by atoms with Crippen molar-refractivity contribution in [3.8, 4) is 0 Å². The number of nitrogens with zero attached hydrogens (tertiary/aromatic N) is 8. The second kappa shape index (κ2) is 9.79. The number of ether oxygens (including phenoxy) is 2. The number of fused-ring (bicyclic) bond motifs is 2. The molecule has 0 spiro atoms.